The lowest BCUT2D eigenvalue weighted by Crippen LogP contribution is -2.51. The van der Waals surface area contributed by atoms with Gasteiger partial charge in [-0.15, -0.1) is 0 Å². The number of carbonyl (C=O) groups excluding carboxylic acids is 2. The van der Waals surface area contributed by atoms with Crippen LogP contribution in [-0.2, 0) is 19.4 Å². The molecule has 166 valence electrons. The number of carbonyl (C=O) groups is 2. The predicted octanol–water partition coefficient (Wildman–Crippen LogP) is 0.861. The summed E-state index contributed by atoms with van der Waals surface area (Å²) in [6.07, 6.45) is 3.06. The van der Waals surface area contributed by atoms with Crippen LogP contribution in [0.4, 0.5) is 11.4 Å². The molecule has 1 aliphatic heterocycles. The summed E-state index contributed by atoms with van der Waals surface area (Å²) in [5.74, 6) is 0.203. The minimum absolute atomic E-state index is 0.0298. The summed E-state index contributed by atoms with van der Waals surface area (Å²) < 4.78 is 22.6. The van der Waals surface area contributed by atoms with Crippen LogP contribution in [0.2, 0.25) is 0 Å². The molecule has 0 spiro atoms. The molecule has 1 aromatic rings. The molecular weight excluding hydrogens is 404 g/mol. The molecule has 2 aliphatic rings. The highest BCUT2D eigenvalue weighted by Crippen LogP contribution is 2.41. The fourth-order valence-corrected chi connectivity index (χ4v) is 4.52. The number of hydrogen-bond acceptors (Lipinski definition) is 6. The molecule has 0 bridgehead atoms. The first-order valence-corrected chi connectivity index (χ1v) is 12.5. The van der Waals surface area contributed by atoms with Crippen LogP contribution in [0, 0.1) is 5.92 Å². The van der Waals surface area contributed by atoms with Gasteiger partial charge in [-0.3, -0.25) is 9.59 Å². The zero-order chi connectivity index (χ0) is 22.1. The minimum Gasteiger partial charge on any atom is -0.330 e. The quantitative estimate of drug-likeness (QED) is 0.585. The van der Waals surface area contributed by atoms with Crippen LogP contribution in [0.25, 0.3) is 0 Å². The van der Waals surface area contributed by atoms with Crippen molar-refractivity contribution in [2.24, 2.45) is 11.7 Å². The van der Waals surface area contributed by atoms with Crippen molar-refractivity contribution in [3.8, 4) is 0 Å². The van der Waals surface area contributed by atoms with E-state index in [0.29, 0.717) is 26.2 Å². The number of nitrogens with two attached hydrogens (primary N) is 1. The lowest BCUT2D eigenvalue weighted by atomic mass is 9.95. The molecule has 2 atom stereocenters. The van der Waals surface area contributed by atoms with Gasteiger partial charge in [0.25, 0.3) is 0 Å². The molecular formula is C21H32N4O4S. The van der Waals surface area contributed by atoms with Crippen molar-refractivity contribution in [2.45, 2.75) is 38.6 Å². The van der Waals surface area contributed by atoms with Crippen molar-refractivity contribution in [2.75, 3.05) is 48.0 Å². The third-order valence-electron chi connectivity index (χ3n) is 5.77. The zero-order valence-electron chi connectivity index (χ0n) is 17.9. The lowest BCUT2D eigenvalue weighted by Gasteiger charge is -2.41. The van der Waals surface area contributed by atoms with Gasteiger partial charge in [-0.05, 0) is 37.5 Å². The Kier molecular flexibility index (Phi) is 6.84. The van der Waals surface area contributed by atoms with E-state index in [2.05, 4.69) is 5.32 Å². The highest BCUT2D eigenvalue weighted by molar-refractivity contribution is 7.90. The number of benzene rings is 1. The van der Waals surface area contributed by atoms with Crippen molar-refractivity contribution in [3.63, 3.8) is 0 Å². The average Bonchev–Trinajstić information content (AvgIpc) is 3.50. The molecule has 9 heteroatoms. The molecule has 0 radical (unpaired) electrons. The minimum atomic E-state index is -3.02. The van der Waals surface area contributed by atoms with Crippen molar-refractivity contribution in [3.05, 3.63) is 23.8 Å². The Morgan fingerprint density at radius 2 is 1.97 bits per heavy atom. The van der Waals surface area contributed by atoms with E-state index in [1.807, 2.05) is 30.0 Å². The Balaban J connectivity index is 1.86. The number of hydrogen-bond donors (Lipinski definition) is 2. The first-order valence-electron chi connectivity index (χ1n) is 10.5. The molecule has 0 saturated heterocycles. The van der Waals surface area contributed by atoms with E-state index in [9.17, 15) is 18.0 Å². The molecule has 3 N–H and O–H groups in total. The largest absolute Gasteiger partial charge is 0.330 e. The van der Waals surface area contributed by atoms with E-state index < -0.39 is 9.84 Å². The first kappa shape index (κ1) is 22.7. The summed E-state index contributed by atoms with van der Waals surface area (Å²) in [5.41, 5.74) is 8.47. The van der Waals surface area contributed by atoms with Gasteiger partial charge in [-0.25, -0.2) is 8.42 Å². The number of fused-ring (bicyclic) bond motifs is 1. The number of sulfone groups is 1. The first-order chi connectivity index (χ1) is 14.1. The van der Waals surface area contributed by atoms with Gasteiger partial charge in [0.1, 0.15) is 9.84 Å². The van der Waals surface area contributed by atoms with Crippen LogP contribution >= 0.6 is 0 Å². The van der Waals surface area contributed by atoms with E-state index in [4.69, 9.17) is 5.73 Å². The third kappa shape index (κ3) is 5.19. The Morgan fingerprint density at radius 1 is 1.27 bits per heavy atom. The van der Waals surface area contributed by atoms with Gasteiger partial charge in [-0.2, -0.15) is 0 Å². The van der Waals surface area contributed by atoms with Crippen LogP contribution in [0.1, 0.15) is 38.2 Å². The Bertz CT molecular complexity index is 914. The van der Waals surface area contributed by atoms with Crippen LogP contribution in [-0.4, -0.2) is 64.5 Å². The molecule has 8 nitrogen and oxygen atoms in total. The molecule has 1 heterocycles. The van der Waals surface area contributed by atoms with Gasteiger partial charge in [0, 0.05) is 51.2 Å². The summed E-state index contributed by atoms with van der Waals surface area (Å²) in [4.78, 5) is 28.8. The van der Waals surface area contributed by atoms with E-state index in [1.54, 1.807) is 11.8 Å². The van der Waals surface area contributed by atoms with E-state index in [0.717, 1.165) is 29.8 Å². The molecule has 1 fully saturated rings. The number of anilines is 2. The van der Waals surface area contributed by atoms with Crippen LogP contribution in [0.5, 0.6) is 0 Å². The van der Waals surface area contributed by atoms with Crippen LogP contribution in [0.15, 0.2) is 18.2 Å². The van der Waals surface area contributed by atoms with Gasteiger partial charge in [0.15, 0.2) is 0 Å². The smallest absolute Gasteiger partial charge is 0.230 e. The van der Waals surface area contributed by atoms with Gasteiger partial charge in [-0.1, -0.05) is 6.07 Å². The van der Waals surface area contributed by atoms with Crippen molar-refractivity contribution >= 4 is 33.0 Å². The fourth-order valence-electron chi connectivity index (χ4n) is 4.01. The van der Waals surface area contributed by atoms with Crippen LogP contribution < -0.4 is 20.9 Å². The van der Waals surface area contributed by atoms with E-state index in [-0.39, 0.29) is 35.4 Å². The monoisotopic (exact) mass is 436 g/mol. The summed E-state index contributed by atoms with van der Waals surface area (Å²) in [7, 11) is -3.02. The van der Waals surface area contributed by atoms with Crippen molar-refractivity contribution < 1.29 is 18.0 Å². The molecule has 2 amide bonds. The van der Waals surface area contributed by atoms with Gasteiger partial charge < -0.3 is 20.9 Å². The zero-order valence-corrected chi connectivity index (χ0v) is 18.7. The third-order valence-corrected chi connectivity index (χ3v) is 6.71. The van der Waals surface area contributed by atoms with Gasteiger partial charge in [0.2, 0.25) is 11.8 Å². The summed E-state index contributed by atoms with van der Waals surface area (Å²) in [6, 6.07) is 5.72. The summed E-state index contributed by atoms with van der Waals surface area (Å²) >= 11 is 0. The predicted molar refractivity (Wildman–Crippen MR) is 119 cm³/mol. The molecule has 0 aromatic heterocycles. The highest BCUT2D eigenvalue weighted by atomic mass is 32.2. The topological polar surface area (TPSA) is 113 Å². The molecule has 3 rings (SSSR count). The lowest BCUT2D eigenvalue weighted by molar-refractivity contribution is -0.120. The highest BCUT2D eigenvalue weighted by Gasteiger charge is 2.39. The molecule has 2 unspecified atom stereocenters. The second kappa shape index (κ2) is 9.03. The maximum atomic E-state index is 12.9. The van der Waals surface area contributed by atoms with Crippen molar-refractivity contribution in [1.29, 1.82) is 0 Å². The van der Waals surface area contributed by atoms with Crippen molar-refractivity contribution in [1.82, 2.24) is 5.32 Å². The number of rotatable bonds is 8. The van der Waals surface area contributed by atoms with Gasteiger partial charge in [0.05, 0.1) is 23.2 Å². The SMILES string of the molecule is CC(=O)N1c2ccc(C(CN)CNCCS(C)(=O)=O)cc2N(C(=O)C2CC2)CC1C. The number of nitrogens with one attached hydrogen (secondary N) is 1. The Morgan fingerprint density at radius 3 is 2.53 bits per heavy atom. The van der Waals surface area contributed by atoms with E-state index >= 15 is 0 Å². The standard InChI is InChI=1S/C21H32N4O4S/c1-14-13-24(21(27)16-4-5-16)20-10-17(6-7-19(20)25(14)15(2)26)18(11-22)12-23-8-9-30(3,28)29/h6-7,10,14,16,18,23H,4-5,8-9,11-13,22H2,1-3H3. The molecule has 1 aliphatic carbocycles. The maximum absolute atomic E-state index is 12.9. The van der Waals surface area contributed by atoms with E-state index in [1.165, 1.54) is 6.26 Å². The summed E-state index contributed by atoms with van der Waals surface area (Å²) in [5, 5.41) is 3.16. The molecule has 1 aromatic carbocycles. The number of nitrogens with zero attached hydrogens (tertiary/aromatic N) is 2. The normalized spacial score (nSPS) is 20.1. The Labute approximate surface area is 178 Å². The molecule has 1 saturated carbocycles. The maximum Gasteiger partial charge on any atom is 0.230 e. The van der Waals surface area contributed by atoms with Gasteiger partial charge >= 0.3 is 0 Å². The summed E-state index contributed by atoms with van der Waals surface area (Å²) in [6.45, 7) is 5.26. The molecule has 30 heavy (non-hydrogen) atoms. The van der Waals surface area contributed by atoms with Crippen LogP contribution in [0.3, 0.4) is 0 Å². The fraction of sp³-hybridized carbons (Fsp3) is 0.619. The number of amides is 2. The average molecular weight is 437 g/mol. The Hall–Kier alpha value is -1.97. The second-order valence-corrected chi connectivity index (χ2v) is 10.7. The second-order valence-electron chi connectivity index (χ2n) is 8.48.